The largest absolute Gasteiger partial charge is 0.118 e. The monoisotopic (exact) mass is 284 g/mol. The molecule has 1 aliphatic carbocycles. The van der Waals surface area contributed by atoms with Crippen LogP contribution in [0, 0.1) is 5.92 Å². The predicted molar refractivity (Wildman–Crippen MR) is 86.4 cm³/mol. The standard InChI is InChI=1S/C19H21Cl/c1-14(19(20)17-6-3-2-4-7-17)12-15-10-11-16-8-5-9-18(16)13-15/h2-4,6-7,10-11,13-14,19H,5,8-9,12H2,1H3. The van der Waals surface area contributed by atoms with E-state index in [0.717, 1.165) is 6.42 Å². The van der Waals surface area contributed by atoms with Crippen molar-refractivity contribution in [1.82, 2.24) is 0 Å². The van der Waals surface area contributed by atoms with Gasteiger partial charge in [0.1, 0.15) is 0 Å². The van der Waals surface area contributed by atoms with E-state index >= 15 is 0 Å². The van der Waals surface area contributed by atoms with Gasteiger partial charge in [-0.05, 0) is 53.9 Å². The molecule has 0 fully saturated rings. The molecule has 1 heteroatoms. The Morgan fingerprint density at radius 3 is 2.55 bits per heavy atom. The van der Waals surface area contributed by atoms with Crippen molar-refractivity contribution in [1.29, 1.82) is 0 Å². The maximum absolute atomic E-state index is 6.62. The molecule has 0 radical (unpaired) electrons. The zero-order chi connectivity index (χ0) is 13.9. The van der Waals surface area contributed by atoms with Gasteiger partial charge in [0, 0.05) is 0 Å². The summed E-state index contributed by atoms with van der Waals surface area (Å²) in [6.45, 7) is 2.25. The number of fused-ring (bicyclic) bond motifs is 1. The number of alkyl halides is 1. The molecule has 0 heterocycles. The average Bonchev–Trinajstić information content (AvgIpc) is 2.95. The van der Waals surface area contributed by atoms with E-state index in [1.54, 1.807) is 11.1 Å². The van der Waals surface area contributed by atoms with Crippen molar-refractivity contribution < 1.29 is 0 Å². The summed E-state index contributed by atoms with van der Waals surface area (Å²) < 4.78 is 0. The highest BCUT2D eigenvalue weighted by atomic mass is 35.5. The molecule has 2 aromatic rings. The molecule has 0 saturated carbocycles. The summed E-state index contributed by atoms with van der Waals surface area (Å²) in [5, 5.41) is 0.0875. The normalized spacial score (nSPS) is 16.7. The Labute approximate surface area is 126 Å². The van der Waals surface area contributed by atoms with Crippen LogP contribution in [0.1, 0.15) is 41.0 Å². The van der Waals surface area contributed by atoms with Crippen LogP contribution in [-0.2, 0) is 19.3 Å². The highest BCUT2D eigenvalue weighted by molar-refractivity contribution is 6.21. The Morgan fingerprint density at radius 2 is 1.75 bits per heavy atom. The number of halogens is 1. The van der Waals surface area contributed by atoms with E-state index in [4.69, 9.17) is 11.6 Å². The second-order valence-corrected chi connectivity index (χ2v) is 6.42. The Morgan fingerprint density at radius 1 is 1.00 bits per heavy atom. The lowest BCUT2D eigenvalue weighted by molar-refractivity contribution is 0.558. The van der Waals surface area contributed by atoms with Crippen molar-refractivity contribution >= 4 is 11.6 Å². The Kier molecular flexibility index (Phi) is 4.12. The minimum absolute atomic E-state index is 0.0875. The van der Waals surface area contributed by atoms with Crippen molar-refractivity contribution in [2.75, 3.05) is 0 Å². The smallest absolute Gasteiger partial charge is 0.0613 e. The van der Waals surface area contributed by atoms with Crippen LogP contribution in [0.15, 0.2) is 48.5 Å². The van der Waals surface area contributed by atoms with Crippen LogP contribution in [0.3, 0.4) is 0 Å². The Hall–Kier alpha value is -1.27. The topological polar surface area (TPSA) is 0 Å². The van der Waals surface area contributed by atoms with Gasteiger partial charge in [-0.15, -0.1) is 11.6 Å². The maximum atomic E-state index is 6.62. The first-order valence-corrected chi connectivity index (χ1v) is 7.97. The number of rotatable bonds is 4. The van der Waals surface area contributed by atoms with Gasteiger partial charge in [0.2, 0.25) is 0 Å². The summed E-state index contributed by atoms with van der Waals surface area (Å²) in [5.41, 5.74) is 5.76. The quantitative estimate of drug-likeness (QED) is 0.665. The van der Waals surface area contributed by atoms with E-state index in [1.807, 2.05) is 6.07 Å². The summed E-state index contributed by atoms with van der Waals surface area (Å²) in [6.07, 6.45) is 4.88. The van der Waals surface area contributed by atoms with E-state index in [0.29, 0.717) is 5.92 Å². The van der Waals surface area contributed by atoms with Gasteiger partial charge in [0.15, 0.2) is 0 Å². The van der Waals surface area contributed by atoms with Gasteiger partial charge in [-0.3, -0.25) is 0 Å². The summed E-state index contributed by atoms with van der Waals surface area (Å²) in [7, 11) is 0. The van der Waals surface area contributed by atoms with Crippen molar-refractivity contribution in [2.24, 2.45) is 5.92 Å². The number of hydrogen-bond acceptors (Lipinski definition) is 0. The van der Waals surface area contributed by atoms with Crippen molar-refractivity contribution in [3.63, 3.8) is 0 Å². The van der Waals surface area contributed by atoms with Gasteiger partial charge in [0.25, 0.3) is 0 Å². The molecule has 104 valence electrons. The molecule has 0 aromatic heterocycles. The molecule has 2 aromatic carbocycles. The fraction of sp³-hybridized carbons (Fsp3) is 0.368. The third kappa shape index (κ3) is 2.91. The molecule has 0 amide bonds. The van der Waals surface area contributed by atoms with Gasteiger partial charge in [-0.1, -0.05) is 55.5 Å². The van der Waals surface area contributed by atoms with E-state index in [-0.39, 0.29) is 5.38 Å². The molecule has 2 atom stereocenters. The lowest BCUT2D eigenvalue weighted by Crippen LogP contribution is -2.07. The predicted octanol–water partition coefficient (Wildman–Crippen LogP) is 5.33. The van der Waals surface area contributed by atoms with Crippen LogP contribution >= 0.6 is 11.6 Å². The summed E-state index contributed by atoms with van der Waals surface area (Å²) in [6, 6.07) is 17.4. The lowest BCUT2D eigenvalue weighted by Gasteiger charge is -2.19. The van der Waals surface area contributed by atoms with Crippen LogP contribution in [0.2, 0.25) is 0 Å². The molecule has 0 nitrogen and oxygen atoms in total. The number of aryl methyl sites for hydroxylation is 2. The van der Waals surface area contributed by atoms with E-state index in [2.05, 4.69) is 49.4 Å². The van der Waals surface area contributed by atoms with Crippen LogP contribution in [-0.4, -0.2) is 0 Å². The molecule has 20 heavy (non-hydrogen) atoms. The van der Waals surface area contributed by atoms with Gasteiger partial charge in [-0.25, -0.2) is 0 Å². The molecule has 0 spiro atoms. The van der Waals surface area contributed by atoms with Crippen LogP contribution in [0.4, 0.5) is 0 Å². The van der Waals surface area contributed by atoms with Gasteiger partial charge < -0.3 is 0 Å². The zero-order valence-electron chi connectivity index (χ0n) is 12.0. The first-order valence-electron chi connectivity index (χ1n) is 7.54. The fourth-order valence-corrected chi connectivity index (χ4v) is 3.43. The SMILES string of the molecule is CC(Cc1ccc2c(c1)CCC2)C(Cl)c1ccccc1. The summed E-state index contributed by atoms with van der Waals surface area (Å²) >= 11 is 6.62. The van der Waals surface area contributed by atoms with Crippen LogP contribution < -0.4 is 0 Å². The zero-order valence-corrected chi connectivity index (χ0v) is 12.7. The van der Waals surface area contributed by atoms with Crippen molar-refractivity contribution in [3.8, 4) is 0 Å². The fourth-order valence-electron chi connectivity index (χ4n) is 3.19. The summed E-state index contributed by atoms with van der Waals surface area (Å²) in [5.74, 6) is 0.443. The minimum Gasteiger partial charge on any atom is -0.118 e. The maximum Gasteiger partial charge on any atom is 0.0613 e. The number of benzene rings is 2. The molecule has 1 aliphatic rings. The lowest BCUT2D eigenvalue weighted by atomic mass is 9.92. The van der Waals surface area contributed by atoms with Crippen molar-refractivity contribution in [3.05, 3.63) is 70.8 Å². The second-order valence-electron chi connectivity index (χ2n) is 5.95. The van der Waals surface area contributed by atoms with Crippen LogP contribution in [0.5, 0.6) is 0 Å². The minimum atomic E-state index is 0.0875. The molecule has 0 bridgehead atoms. The molecule has 3 rings (SSSR count). The molecule has 0 saturated heterocycles. The first-order chi connectivity index (χ1) is 9.74. The van der Waals surface area contributed by atoms with E-state index in [1.165, 1.54) is 30.4 Å². The Balaban J connectivity index is 1.71. The first kappa shape index (κ1) is 13.7. The second kappa shape index (κ2) is 6.01. The van der Waals surface area contributed by atoms with E-state index in [9.17, 15) is 0 Å². The highest BCUT2D eigenvalue weighted by Gasteiger charge is 2.18. The third-order valence-electron chi connectivity index (χ3n) is 4.34. The average molecular weight is 285 g/mol. The highest BCUT2D eigenvalue weighted by Crippen LogP contribution is 2.32. The summed E-state index contributed by atoms with van der Waals surface area (Å²) in [4.78, 5) is 0. The molecular formula is C19H21Cl. The van der Waals surface area contributed by atoms with E-state index < -0.39 is 0 Å². The van der Waals surface area contributed by atoms with Gasteiger partial charge in [0.05, 0.1) is 5.38 Å². The van der Waals surface area contributed by atoms with Gasteiger partial charge >= 0.3 is 0 Å². The molecule has 2 unspecified atom stereocenters. The molecule has 0 N–H and O–H groups in total. The van der Waals surface area contributed by atoms with Gasteiger partial charge in [-0.2, -0.15) is 0 Å². The van der Waals surface area contributed by atoms with Crippen molar-refractivity contribution in [2.45, 2.75) is 38.0 Å². The van der Waals surface area contributed by atoms with Crippen LogP contribution in [0.25, 0.3) is 0 Å². The molecule has 0 aliphatic heterocycles. The Bertz CT molecular complexity index is 574. The molecular weight excluding hydrogens is 264 g/mol. The number of hydrogen-bond donors (Lipinski definition) is 0. The third-order valence-corrected chi connectivity index (χ3v) is 5.02.